The third kappa shape index (κ3) is 5.43. The van der Waals surface area contributed by atoms with Crippen LogP contribution in [0.3, 0.4) is 0 Å². The first kappa shape index (κ1) is 17.0. The van der Waals surface area contributed by atoms with Crippen molar-refractivity contribution in [1.29, 1.82) is 0 Å². The largest absolute Gasteiger partial charge is 0.338 e. The van der Waals surface area contributed by atoms with Crippen LogP contribution in [0, 0.1) is 5.41 Å². The van der Waals surface area contributed by atoms with Crippen LogP contribution in [-0.4, -0.2) is 24.5 Å². The molecule has 0 aliphatic carbocycles. The molecule has 0 aromatic heterocycles. The number of amides is 3. The first-order valence-electron chi connectivity index (χ1n) is 6.95. The van der Waals surface area contributed by atoms with Gasteiger partial charge in [0.05, 0.1) is 6.04 Å². The van der Waals surface area contributed by atoms with E-state index in [2.05, 4.69) is 16.0 Å². The standard InChI is InChI=1S/C15H24N4O2/c1-5-17-14(21)19-11-8-6-7-10(9-11)18-13(20)12(16)15(2,3)4/h6-9,12H,5,16H2,1-4H3,(H,18,20)(H2,17,19,21)/t12-/m1/s1. The van der Waals surface area contributed by atoms with Crippen molar-refractivity contribution in [3.05, 3.63) is 24.3 Å². The Hall–Kier alpha value is -2.08. The number of benzene rings is 1. The van der Waals surface area contributed by atoms with Crippen molar-refractivity contribution in [3.63, 3.8) is 0 Å². The number of anilines is 2. The van der Waals surface area contributed by atoms with E-state index >= 15 is 0 Å². The number of nitrogens with one attached hydrogen (secondary N) is 3. The maximum atomic E-state index is 12.1. The molecule has 0 radical (unpaired) electrons. The van der Waals surface area contributed by atoms with Crippen LogP contribution >= 0.6 is 0 Å². The summed E-state index contributed by atoms with van der Waals surface area (Å²) in [5.74, 6) is -0.252. The summed E-state index contributed by atoms with van der Waals surface area (Å²) in [4.78, 5) is 23.5. The van der Waals surface area contributed by atoms with Crippen LogP contribution in [0.5, 0.6) is 0 Å². The Bertz CT molecular complexity index is 509. The van der Waals surface area contributed by atoms with E-state index < -0.39 is 6.04 Å². The second-order valence-corrected chi connectivity index (χ2v) is 5.90. The molecule has 6 heteroatoms. The lowest BCUT2D eigenvalue weighted by Crippen LogP contribution is -2.45. The maximum absolute atomic E-state index is 12.1. The van der Waals surface area contributed by atoms with Gasteiger partial charge in [-0.25, -0.2) is 4.79 Å². The van der Waals surface area contributed by atoms with Gasteiger partial charge in [-0.1, -0.05) is 26.8 Å². The van der Waals surface area contributed by atoms with Crippen LogP contribution in [0.1, 0.15) is 27.7 Å². The molecule has 3 amide bonds. The topological polar surface area (TPSA) is 96.2 Å². The number of urea groups is 1. The van der Waals surface area contributed by atoms with Crippen molar-refractivity contribution in [2.45, 2.75) is 33.7 Å². The Labute approximate surface area is 125 Å². The van der Waals surface area contributed by atoms with E-state index in [4.69, 9.17) is 5.73 Å². The normalized spacial score (nSPS) is 12.4. The molecule has 0 aliphatic heterocycles. The summed E-state index contributed by atoms with van der Waals surface area (Å²) >= 11 is 0. The second-order valence-electron chi connectivity index (χ2n) is 5.90. The van der Waals surface area contributed by atoms with E-state index in [0.717, 1.165) is 0 Å². The van der Waals surface area contributed by atoms with Gasteiger partial charge in [0.15, 0.2) is 0 Å². The van der Waals surface area contributed by atoms with Gasteiger partial charge in [-0.2, -0.15) is 0 Å². The average Bonchev–Trinajstić information content (AvgIpc) is 2.37. The molecule has 0 unspecified atom stereocenters. The highest BCUT2D eigenvalue weighted by molar-refractivity contribution is 5.96. The predicted octanol–water partition coefficient (Wildman–Crippen LogP) is 2.14. The van der Waals surface area contributed by atoms with Gasteiger partial charge in [0.1, 0.15) is 0 Å². The van der Waals surface area contributed by atoms with Crippen LogP contribution in [0.4, 0.5) is 16.2 Å². The zero-order valence-electron chi connectivity index (χ0n) is 13.0. The first-order chi connectivity index (χ1) is 9.74. The summed E-state index contributed by atoms with van der Waals surface area (Å²) in [5, 5.41) is 8.08. The van der Waals surface area contributed by atoms with E-state index in [1.165, 1.54) is 0 Å². The van der Waals surface area contributed by atoms with Crippen molar-refractivity contribution in [1.82, 2.24) is 5.32 Å². The summed E-state index contributed by atoms with van der Waals surface area (Å²) in [5.41, 5.74) is 6.78. The minimum absolute atomic E-state index is 0.252. The minimum Gasteiger partial charge on any atom is -0.338 e. The third-order valence-electron chi connectivity index (χ3n) is 2.94. The van der Waals surface area contributed by atoms with E-state index in [1.54, 1.807) is 24.3 Å². The van der Waals surface area contributed by atoms with Gasteiger partial charge < -0.3 is 21.7 Å². The molecule has 5 N–H and O–H groups in total. The lowest BCUT2D eigenvalue weighted by atomic mass is 9.87. The highest BCUT2D eigenvalue weighted by Gasteiger charge is 2.27. The molecular formula is C15H24N4O2. The van der Waals surface area contributed by atoms with Gasteiger partial charge in [-0.05, 0) is 30.5 Å². The monoisotopic (exact) mass is 292 g/mol. The van der Waals surface area contributed by atoms with E-state index in [1.807, 2.05) is 27.7 Å². The summed E-state index contributed by atoms with van der Waals surface area (Å²) < 4.78 is 0. The van der Waals surface area contributed by atoms with Crippen molar-refractivity contribution in [2.24, 2.45) is 11.1 Å². The van der Waals surface area contributed by atoms with Crippen LogP contribution in [0.2, 0.25) is 0 Å². The zero-order valence-corrected chi connectivity index (χ0v) is 13.0. The van der Waals surface area contributed by atoms with Gasteiger partial charge >= 0.3 is 6.03 Å². The molecule has 0 aliphatic rings. The molecule has 0 saturated carbocycles. The second kappa shape index (κ2) is 7.08. The van der Waals surface area contributed by atoms with Gasteiger partial charge in [0.25, 0.3) is 0 Å². The number of hydrogen-bond donors (Lipinski definition) is 4. The molecule has 1 aromatic rings. The van der Waals surface area contributed by atoms with E-state index in [9.17, 15) is 9.59 Å². The van der Waals surface area contributed by atoms with Crippen molar-refractivity contribution in [2.75, 3.05) is 17.2 Å². The number of carbonyl (C=O) groups is 2. The van der Waals surface area contributed by atoms with Crippen LogP contribution in [0.15, 0.2) is 24.3 Å². The number of nitrogens with two attached hydrogens (primary N) is 1. The summed E-state index contributed by atoms with van der Waals surface area (Å²) in [6.45, 7) is 8.10. The third-order valence-corrected chi connectivity index (χ3v) is 2.94. The molecule has 6 nitrogen and oxygen atoms in total. The predicted molar refractivity (Wildman–Crippen MR) is 85.2 cm³/mol. The quantitative estimate of drug-likeness (QED) is 0.684. The Morgan fingerprint density at radius 3 is 2.29 bits per heavy atom. The maximum Gasteiger partial charge on any atom is 0.319 e. The van der Waals surface area contributed by atoms with Crippen LogP contribution in [-0.2, 0) is 4.79 Å². The molecule has 0 spiro atoms. The Morgan fingerprint density at radius 1 is 1.19 bits per heavy atom. The molecule has 1 rings (SSSR count). The van der Waals surface area contributed by atoms with Gasteiger partial charge in [0, 0.05) is 17.9 Å². The lowest BCUT2D eigenvalue weighted by Gasteiger charge is -2.25. The van der Waals surface area contributed by atoms with Crippen molar-refractivity contribution >= 4 is 23.3 Å². The lowest BCUT2D eigenvalue weighted by molar-refractivity contribution is -0.119. The van der Waals surface area contributed by atoms with Crippen molar-refractivity contribution < 1.29 is 9.59 Å². The minimum atomic E-state index is -0.613. The van der Waals surface area contributed by atoms with Gasteiger partial charge in [-0.15, -0.1) is 0 Å². The molecule has 0 heterocycles. The average molecular weight is 292 g/mol. The molecule has 0 fully saturated rings. The first-order valence-corrected chi connectivity index (χ1v) is 6.95. The molecular weight excluding hydrogens is 268 g/mol. The molecule has 21 heavy (non-hydrogen) atoms. The Balaban J connectivity index is 2.73. The fraction of sp³-hybridized carbons (Fsp3) is 0.467. The highest BCUT2D eigenvalue weighted by atomic mass is 16.2. The smallest absolute Gasteiger partial charge is 0.319 e. The van der Waals surface area contributed by atoms with Gasteiger partial charge in [0.2, 0.25) is 5.91 Å². The Morgan fingerprint density at radius 2 is 1.76 bits per heavy atom. The molecule has 0 bridgehead atoms. The summed E-state index contributed by atoms with van der Waals surface area (Å²) in [6, 6.07) is 6.03. The fourth-order valence-electron chi connectivity index (χ4n) is 1.62. The Kier molecular flexibility index (Phi) is 5.72. The van der Waals surface area contributed by atoms with Gasteiger partial charge in [-0.3, -0.25) is 4.79 Å². The number of hydrogen-bond acceptors (Lipinski definition) is 3. The molecule has 116 valence electrons. The number of rotatable bonds is 4. The van der Waals surface area contributed by atoms with E-state index in [-0.39, 0.29) is 17.4 Å². The molecule has 1 aromatic carbocycles. The highest BCUT2D eigenvalue weighted by Crippen LogP contribution is 2.20. The summed E-state index contributed by atoms with van der Waals surface area (Å²) in [7, 11) is 0. The molecule has 0 saturated heterocycles. The molecule has 1 atom stereocenters. The van der Waals surface area contributed by atoms with E-state index in [0.29, 0.717) is 17.9 Å². The number of carbonyl (C=O) groups excluding carboxylic acids is 2. The van der Waals surface area contributed by atoms with Crippen LogP contribution < -0.4 is 21.7 Å². The summed E-state index contributed by atoms with van der Waals surface area (Å²) in [6.07, 6.45) is 0. The fourth-order valence-corrected chi connectivity index (χ4v) is 1.62. The van der Waals surface area contributed by atoms with Crippen LogP contribution in [0.25, 0.3) is 0 Å². The SMILES string of the molecule is CCNC(=O)Nc1cccc(NC(=O)[C@@H](N)C(C)(C)C)c1. The van der Waals surface area contributed by atoms with Crippen molar-refractivity contribution in [3.8, 4) is 0 Å². The zero-order chi connectivity index (χ0) is 16.0.